The number of hydrogen-bond donors (Lipinski definition) is 2. The molecule has 1 rings (SSSR count). The second-order valence-corrected chi connectivity index (χ2v) is 2.59. The summed E-state index contributed by atoms with van der Waals surface area (Å²) in [5, 5.41) is 0. The molecule has 1 saturated carbocycles. The molecule has 0 aliphatic heterocycles. The number of carbonyl (C=O) groups is 1. The van der Waals surface area contributed by atoms with Gasteiger partial charge in [-0.2, -0.15) is 0 Å². The van der Waals surface area contributed by atoms with Gasteiger partial charge in [0, 0.05) is 6.04 Å². The Balaban J connectivity index is 0.000000640. The van der Waals surface area contributed by atoms with Gasteiger partial charge in [-0.25, -0.2) is 0 Å². The number of amides is 1. The van der Waals surface area contributed by atoms with Crippen LogP contribution in [0.4, 0.5) is 0 Å². The molecule has 0 bridgehead atoms. The SMILES string of the molecule is CC1(C(N)=O)CC1N.Cl. The van der Waals surface area contributed by atoms with E-state index in [-0.39, 0.29) is 29.8 Å². The molecule has 2 atom stereocenters. The Morgan fingerprint density at radius 2 is 2.11 bits per heavy atom. The Kier molecular flexibility index (Phi) is 2.09. The van der Waals surface area contributed by atoms with Crippen LogP contribution in [0.5, 0.6) is 0 Å². The third kappa shape index (κ3) is 1.17. The molecule has 0 aromatic heterocycles. The number of halogens is 1. The first kappa shape index (κ1) is 8.72. The summed E-state index contributed by atoms with van der Waals surface area (Å²) in [6.45, 7) is 1.79. The molecule has 0 radical (unpaired) electrons. The van der Waals surface area contributed by atoms with Crippen LogP contribution in [-0.2, 0) is 4.79 Å². The smallest absolute Gasteiger partial charge is 0.224 e. The minimum atomic E-state index is -0.375. The van der Waals surface area contributed by atoms with Crippen LogP contribution in [0.3, 0.4) is 0 Å². The average Bonchev–Trinajstić information content (AvgIpc) is 2.17. The number of nitrogens with two attached hydrogens (primary N) is 2. The summed E-state index contributed by atoms with van der Waals surface area (Å²) in [7, 11) is 0. The second kappa shape index (κ2) is 2.15. The van der Waals surface area contributed by atoms with Crippen LogP contribution in [0.25, 0.3) is 0 Å². The Hall–Kier alpha value is -0.280. The standard InChI is InChI=1S/C5H10N2O.ClH/c1-5(4(7)8)2-3(5)6;/h3H,2,6H2,1H3,(H2,7,8);1H. The minimum absolute atomic E-state index is 0. The zero-order valence-electron chi connectivity index (χ0n) is 5.26. The molecular formula is C5H11ClN2O. The van der Waals surface area contributed by atoms with Gasteiger partial charge in [0.05, 0.1) is 5.41 Å². The quantitative estimate of drug-likeness (QED) is 0.536. The third-order valence-electron chi connectivity index (χ3n) is 1.87. The highest BCUT2D eigenvalue weighted by Gasteiger charge is 2.52. The fraction of sp³-hybridized carbons (Fsp3) is 0.800. The second-order valence-electron chi connectivity index (χ2n) is 2.59. The monoisotopic (exact) mass is 150 g/mol. The average molecular weight is 151 g/mol. The van der Waals surface area contributed by atoms with Crippen molar-refractivity contribution in [3.63, 3.8) is 0 Å². The lowest BCUT2D eigenvalue weighted by atomic mass is 10.1. The largest absolute Gasteiger partial charge is 0.369 e. The van der Waals surface area contributed by atoms with Gasteiger partial charge >= 0.3 is 0 Å². The van der Waals surface area contributed by atoms with Crippen molar-refractivity contribution in [3.8, 4) is 0 Å². The molecule has 0 aromatic carbocycles. The van der Waals surface area contributed by atoms with E-state index in [0.29, 0.717) is 0 Å². The molecule has 3 nitrogen and oxygen atoms in total. The van der Waals surface area contributed by atoms with Gasteiger partial charge in [-0.05, 0) is 13.3 Å². The number of primary amides is 1. The van der Waals surface area contributed by atoms with Crippen LogP contribution < -0.4 is 11.5 Å². The molecule has 54 valence electrons. The number of hydrogen-bond acceptors (Lipinski definition) is 2. The molecular weight excluding hydrogens is 140 g/mol. The first-order valence-corrected chi connectivity index (χ1v) is 2.63. The van der Waals surface area contributed by atoms with E-state index >= 15 is 0 Å². The molecule has 0 spiro atoms. The van der Waals surface area contributed by atoms with Crippen LogP contribution in [0, 0.1) is 5.41 Å². The molecule has 1 fully saturated rings. The predicted octanol–water partition coefficient (Wildman–Crippen LogP) is -0.369. The van der Waals surface area contributed by atoms with Gasteiger partial charge in [0.15, 0.2) is 0 Å². The zero-order chi connectivity index (χ0) is 6.36. The lowest BCUT2D eigenvalue weighted by Gasteiger charge is -1.99. The Morgan fingerprint density at radius 1 is 1.78 bits per heavy atom. The first-order chi connectivity index (χ1) is 3.57. The van der Waals surface area contributed by atoms with Gasteiger partial charge in [-0.1, -0.05) is 0 Å². The van der Waals surface area contributed by atoms with Crippen molar-refractivity contribution in [2.24, 2.45) is 16.9 Å². The summed E-state index contributed by atoms with van der Waals surface area (Å²) in [6.07, 6.45) is 0.752. The molecule has 4 N–H and O–H groups in total. The van der Waals surface area contributed by atoms with E-state index in [4.69, 9.17) is 11.5 Å². The van der Waals surface area contributed by atoms with Gasteiger partial charge < -0.3 is 11.5 Å². The first-order valence-electron chi connectivity index (χ1n) is 2.63. The maximum absolute atomic E-state index is 10.4. The minimum Gasteiger partial charge on any atom is -0.369 e. The maximum atomic E-state index is 10.4. The van der Waals surface area contributed by atoms with Crippen molar-refractivity contribution in [2.75, 3.05) is 0 Å². The Morgan fingerprint density at radius 3 is 2.11 bits per heavy atom. The maximum Gasteiger partial charge on any atom is 0.224 e. The molecule has 2 unspecified atom stereocenters. The Bertz CT molecular complexity index is 139. The van der Waals surface area contributed by atoms with Crippen LogP contribution >= 0.6 is 12.4 Å². The summed E-state index contributed by atoms with van der Waals surface area (Å²) < 4.78 is 0. The topological polar surface area (TPSA) is 69.1 Å². The zero-order valence-corrected chi connectivity index (χ0v) is 6.07. The van der Waals surface area contributed by atoms with Crippen molar-refractivity contribution in [3.05, 3.63) is 0 Å². The molecule has 4 heteroatoms. The summed E-state index contributed by atoms with van der Waals surface area (Å²) in [6, 6.07) is 0.0139. The number of rotatable bonds is 1. The van der Waals surface area contributed by atoms with Gasteiger partial charge in [-0.3, -0.25) is 4.79 Å². The number of carbonyl (C=O) groups excluding carboxylic acids is 1. The van der Waals surface area contributed by atoms with E-state index in [1.165, 1.54) is 0 Å². The molecule has 0 aromatic rings. The van der Waals surface area contributed by atoms with Crippen LogP contribution in [0.1, 0.15) is 13.3 Å². The molecule has 0 heterocycles. The van der Waals surface area contributed by atoms with E-state index in [9.17, 15) is 4.79 Å². The molecule has 0 saturated heterocycles. The fourth-order valence-corrected chi connectivity index (χ4v) is 0.681. The third-order valence-corrected chi connectivity index (χ3v) is 1.87. The van der Waals surface area contributed by atoms with Crippen LogP contribution in [-0.4, -0.2) is 11.9 Å². The van der Waals surface area contributed by atoms with Crippen LogP contribution in [0.15, 0.2) is 0 Å². The van der Waals surface area contributed by atoms with Gasteiger partial charge in [-0.15, -0.1) is 12.4 Å². The van der Waals surface area contributed by atoms with Crippen molar-refractivity contribution < 1.29 is 4.79 Å². The molecule has 1 aliphatic rings. The van der Waals surface area contributed by atoms with E-state index < -0.39 is 0 Å². The van der Waals surface area contributed by atoms with E-state index in [1.54, 1.807) is 6.92 Å². The van der Waals surface area contributed by atoms with Crippen molar-refractivity contribution in [1.29, 1.82) is 0 Å². The van der Waals surface area contributed by atoms with Crippen molar-refractivity contribution in [1.82, 2.24) is 0 Å². The summed E-state index contributed by atoms with van der Waals surface area (Å²) in [5.74, 6) is -0.273. The van der Waals surface area contributed by atoms with Gasteiger partial charge in [0.25, 0.3) is 0 Å². The molecule has 1 aliphatic carbocycles. The highest BCUT2D eigenvalue weighted by atomic mass is 35.5. The van der Waals surface area contributed by atoms with Crippen molar-refractivity contribution in [2.45, 2.75) is 19.4 Å². The van der Waals surface area contributed by atoms with E-state index in [2.05, 4.69) is 0 Å². The predicted molar refractivity (Wildman–Crippen MR) is 37.1 cm³/mol. The highest BCUT2D eigenvalue weighted by molar-refractivity contribution is 5.85. The van der Waals surface area contributed by atoms with E-state index in [0.717, 1.165) is 6.42 Å². The highest BCUT2D eigenvalue weighted by Crippen LogP contribution is 2.42. The van der Waals surface area contributed by atoms with Crippen molar-refractivity contribution >= 4 is 18.3 Å². The summed E-state index contributed by atoms with van der Waals surface area (Å²) >= 11 is 0. The molecule has 1 amide bonds. The summed E-state index contributed by atoms with van der Waals surface area (Å²) in [4.78, 5) is 10.4. The molecule has 9 heavy (non-hydrogen) atoms. The van der Waals surface area contributed by atoms with Gasteiger partial charge in [0.1, 0.15) is 0 Å². The normalized spacial score (nSPS) is 39.1. The van der Waals surface area contributed by atoms with Crippen LogP contribution in [0.2, 0.25) is 0 Å². The summed E-state index contributed by atoms with van der Waals surface area (Å²) in [5.41, 5.74) is 10.0. The lowest BCUT2D eigenvalue weighted by Crippen LogP contribution is -2.27. The van der Waals surface area contributed by atoms with E-state index in [1.807, 2.05) is 0 Å². The fourth-order valence-electron chi connectivity index (χ4n) is 0.681. The Labute approximate surface area is 60.2 Å². The van der Waals surface area contributed by atoms with Gasteiger partial charge in [0.2, 0.25) is 5.91 Å². The lowest BCUT2D eigenvalue weighted by molar-refractivity contribution is -0.122.